The van der Waals surface area contributed by atoms with E-state index in [0.717, 1.165) is 5.56 Å². The van der Waals surface area contributed by atoms with Gasteiger partial charge in [-0.2, -0.15) is 0 Å². The summed E-state index contributed by atoms with van der Waals surface area (Å²) in [6.45, 7) is 1.99. The van der Waals surface area contributed by atoms with Crippen molar-refractivity contribution in [2.24, 2.45) is 0 Å². The standard InChI is InChI=1S/C12H16ClN3O2/c1-8(9-3-5-10(13)6-4-9)15-7-11(17)16-12(18)14-2/h3-6,8,15H,7H2,1-2H3,(H2,14,16,17,18)/t8-/m0/s1. The SMILES string of the molecule is CNC(=O)NC(=O)CN[C@@H](C)c1ccc(Cl)cc1. The number of carbonyl (C=O) groups excluding carboxylic acids is 2. The van der Waals surface area contributed by atoms with E-state index in [1.54, 1.807) is 12.1 Å². The third-order valence-electron chi connectivity index (χ3n) is 2.42. The number of benzene rings is 1. The lowest BCUT2D eigenvalue weighted by atomic mass is 10.1. The van der Waals surface area contributed by atoms with Crippen LogP contribution >= 0.6 is 11.6 Å². The van der Waals surface area contributed by atoms with Crippen LogP contribution in [0.3, 0.4) is 0 Å². The van der Waals surface area contributed by atoms with Crippen LogP contribution in [0.25, 0.3) is 0 Å². The molecule has 0 aromatic heterocycles. The minimum atomic E-state index is -0.513. The van der Waals surface area contributed by atoms with Crippen LogP contribution in [0.15, 0.2) is 24.3 Å². The molecular formula is C12H16ClN3O2. The first-order chi connectivity index (χ1) is 8.52. The normalized spacial score (nSPS) is 11.7. The maximum Gasteiger partial charge on any atom is 0.321 e. The summed E-state index contributed by atoms with van der Waals surface area (Å²) >= 11 is 5.79. The number of hydrogen-bond acceptors (Lipinski definition) is 3. The van der Waals surface area contributed by atoms with Crippen molar-refractivity contribution in [3.63, 3.8) is 0 Å². The van der Waals surface area contributed by atoms with Gasteiger partial charge in [0.15, 0.2) is 0 Å². The van der Waals surface area contributed by atoms with Crippen molar-refractivity contribution in [1.82, 2.24) is 16.0 Å². The molecule has 1 atom stereocenters. The zero-order valence-electron chi connectivity index (χ0n) is 10.3. The van der Waals surface area contributed by atoms with Crippen LogP contribution in [0.4, 0.5) is 4.79 Å². The lowest BCUT2D eigenvalue weighted by Crippen LogP contribution is -2.42. The number of nitrogens with one attached hydrogen (secondary N) is 3. The number of halogens is 1. The Morgan fingerprint density at radius 2 is 1.89 bits per heavy atom. The number of hydrogen-bond donors (Lipinski definition) is 3. The monoisotopic (exact) mass is 269 g/mol. The number of imide groups is 1. The van der Waals surface area contributed by atoms with E-state index in [1.165, 1.54) is 7.05 Å². The lowest BCUT2D eigenvalue weighted by molar-refractivity contribution is -0.119. The minimum absolute atomic E-state index is 0.00213. The Hall–Kier alpha value is -1.59. The fraction of sp³-hybridized carbons (Fsp3) is 0.333. The van der Waals surface area contributed by atoms with Gasteiger partial charge in [0.05, 0.1) is 6.54 Å². The van der Waals surface area contributed by atoms with E-state index in [0.29, 0.717) is 5.02 Å². The molecule has 3 N–H and O–H groups in total. The highest BCUT2D eigenvalue weighted by atomic mass is 35.5. The second kappa shape index (κ2) is 6.98. The molecule has 0 aliphatic heterocycles. The van der Waals surface area contributed by atoms with Gasteiger partial charge in [0, 0.05) is 18.1 Å². The average molecular weight is 270 g/mol. The van der Waals surface area contributed by atoms with Crippen LogP contribution in [0.2, 0.25) is 5.02 Å². The molecule has 0 fully saturated rings. The molecule has 6 heteroatoms. The topological polar surface area (TPSA) is 70.2 Å². The van der Waals surface area contributed by atoms with E-state index in [4.69, 9.17) is 11.6 Å². The maximum absolute atomic E-state index is 11.3. The van der Waals surface area contributed by atoms with Crippen LogP contribution in [-0.2, 0) is 4.79 Å². The Labute approximate surface area is 111 Å². The van der Waals surface area contributed by atoms with Crippen molar-refractivity contribution in [3.05, 3.63) is 34.9 Å². The maximum atomic E-state index is 11.3. The molecule has 0 spiro atoms. The van der Waals surface area contributed by atoms with Gasteiger partial charge in [-0.25, -0.2) is 4.79 Å². The molecule has 1 aromatic carbocycles. The highest BCUT2D eigenvalue weighted by molar-refractivity contribution is 6.30. The van der Waals surface area contributed by atoms with Crippen molar-refractivity contribution >= 4 is 23.5 Å². The first-order valence-corrected chi connectivity index (χ1v) is 5.91. The molecule has 0 aliphatic carbocycles. The third kappa shape index (κ3) is 4.73. The zero-order valence-corrected chi connectivity index (χ0v) is 11.0. The van der Waals surface area contributed by atoms with E-state index < -0.39 is 6.03 Å². The van der Waals surface area contributed by atoms with Crippen molar-refractivity contribution in [2.75, 3.05) is 13.6 Å². The molecule has 1 aromatic rings. The Bertz CT molecular complexity index is 420. The summed E-state index contributed by atoms with van der Waals surface area (Å²) in [6, 6.07) is 6.84. The molecule has 3 amide bonds. The zero-order chi connectivity index (χ0) is 13.5. The Kier molecular flexibility index (Phi) is 5.61. The van der Waals surface area contributed by atoms with Gasteiger partial charge in [0.25, 0.3) is 0 Å². The molecule has 0 bridgehead atoms. The Morgan fingerprint density at radius 3 is 2.44 bits per heavy atom. The largest absolute Gasteiger partial charge is 0.341 e. The smallest absolute Gasteiger partial charge is 0.321 e. The molecule has 0 aliphatic rings. The van der Waals surface area contributed by atoms with Crippen molar-refractivity contribution in [2.45, 2.75) is 13.0 Å². The summed E-state index contributed by atoms with van der Waals surface area (Å²) in [5.41, 5.74) is 1.02. The summed E-state index contributed by atoms with van der Waals surface area (Å²) in [5.74, 6) is -0.379. The van der Waals surface area contributed by atoms with E-state index >= 15 is 0 Å². The fourth-order valence-electron chi connectivity index (χ4n) is 1.35. The van der Waals surface area contributed by atoms with Gasteiger partial charge in [-0.3, -0.25) is 10.1 Å². The molecule has 5 nitrogen and oxygen atoms in total. The highest BCUT2D eigenvalue weighted by Gasteiger charge is 2.09. The Morgan fingerprint density at radius 1 is 1.28 bits per heavy atom. The van der Waals surface area contributed by atoms with Gasteiger partial charge in [-0.1, -0.05) is 23.7 Å². The molecule has 0 unspecified atom stereocenters. The molecule has 98 valence electrons. The third-order valence-corrected chi connectivity index (χ3v) is 2.67. The summed E-state index contributed by atoms with van der Waals surface area (Å²) in [4.78, 5) is 22.2. The molecule has 18 heavy (non-hydrogen) atoms. The predicted molar refractivity (Wildman–Crippen MR) is 70.5 cm³/mol. The van der Waals surface area contributed by atoms with E-state index in [1.807, 2.05) is 19.1 Å². The minimum Gasteiger partial charge on any atom is -0.341 e. The van der Waals surface area contributed by atoms with E-state index in [9.17, 15) is 9.59 Å². The van der Waals surface area contributed by atoms with Gasteiger partial charge < -0.3 is 10.6 Å². The summed E-state index contributed by atoms with van der Waals surface area (Å²) < 4.78 is 0. The van der Waals surface area contributed by atoms with Gasteiger partial charge in [0.2, 0.25) is 5.91 Å². The molecule has 1 rings (SSSR count). The summed E-state index contributed by atoms with van der Waals surface area (Å²) in [6.07, 6.45) is 0. The molecule has 0 saturated carbocycles. The van der Waals surface area contributed by atoms with Crippen molar-refractivity contribution in [1.29, 1.82) is 0 Å². The van der Waals surface area contributed by atoms with E-state index in [-0.39, 0.29) is 18.5 Å². The summed E-state index contributed by atoms with van der Waals surface area (Å²) in [5, 5.41) is 8.16. The lowest BCUT2D eigenvalue weighted by Gasteiger charge is -2.13. The van der Waals surface area contributed by atoms with Crippen LogP contribution in [0.1, 0.15) is 18.5 Å². The molecule has 0 saturated heterocycles. The van der Waals surface area contributed by atoms with E-state index in [2.05, 4.69) is 16.0 Å². The quantitative estimate of drug-likeness (QED) is 0.775. The van der Waals surface area contributed by atoms with Crippen LogP contribution < -0.4 is 16.0 Å². The fourth-order valence-corrected chi connectivity index (χ4v) is 1.47. The number of amides is 3. The van der Waals surface area contributed by atoms with Gasteiger partial charge >= 0.3 is 6.03 Å². The van der Waals surface area contributed by atoms with Gasteiger partial charge in [-0.05, 0) is 24.6 Å². The van der Waals surface area contributed by atoms with Gasteiger partial charge in [0.1, 0.15) is 0 Å². The average Bonchev–Trinajstić information content (AvgIpc) is 2.36. The first kappa shape index (κ1) is 14.5. The Balaban J connectivity index is 2.41. The number of carbonyl (C=O) groups is 2. The summed E-state index contributed by atoms with van der Waals surface area (Å²) in [7, 11) is 1.45. The van der Waals surface area contributed by atoms with Crippen LogP contribution in [0.5, 0.6) is 0 Å². The van der Waals surface area contributed by atoms with Crippen LogP contribution in [0, 0.1) is 0 Å². The molecule has 0 radical (unpaired) electrons. The van der Waals surface area contributed by atoms with Crippen molar-refractivity contribution < 1.29 is 9.59 Å². The highest BCUT2D eigenvalue weighted by Crippen LogP contribution is 2.15. The first-order valence-electron chi connectivity index (χ1n) is 5.53. The number of rotatable bonds is 4. The van der Waals surface area contributed by atoms with Crippen LogP contribution in [-0.4, -0.2) is 25.5 Å². The molecule has 0 heterocycles. The predicted octanol–water partition coefficient (Wildman–Crippen LogP) is 1.45. The second-order valence-electron chi connectivity index (χ2n) is 3.78. The van der Waals surface area contributed by atoms with Gasteiger partial charge in [-0.15, -0.1) is 0 Å². The second-order valence-corrected chi connectivity index (χ2v) is 4.22. The van der Waals surface area contributed by atoms with Crippen molar-refractivity contribution in [3.8, 4) is 0 Å². The molecular weight excluding hydrogens is 254 g/mol. The number of urea groups is 1.